The highest BCUT2D eigenvalue weighted by Gasteiger charge is 2.28. The van der Waals surface area contributed by atoms with Gasteiger partial charge in [-0.1, -0.05) is 18.2 Å². The molecule has 5 N–H and O–H groups in total. The number of anilines is 1. The van der Waals surface area contributed by atoms with Gasteiger partial charge in [-0.2, -0.15) is 0 Å². The number of carbonyl (C=O) groups excluding carboxylic acids is 3. The first kappa shape index (κ1) is 20.9. The van der Waals surface area contributed by atoms with Crippen LogP contribution in [0.5, 0.6) is 5.75 Å². The Balaban J connectivity index is 1.27. The molecule has 2 aliphatic rings. The summed E-state index contributed by atoms with van der Waals surface area (Å²) in [5.74, 6) is -0.171. The van der Waals surface area contributed by atoms with Crippen molar-refractivity contribution in [3.05, 3.63) is 59.2 Å². The Morgan fingerprint density at radius 1 is 1.16 bits per heavy atom. The first-order valence-electron chi connectivity index (χ1n) is 10.4. The predicted octanol–water partition coefficient (Wildman–Crippen LogP) is 1.18. The van der Waals surface area contributed by atoms with E-state index in [1.54, 1.807) is 47.4 Å². The zero-order valence-electron chi connectivity index (χ0n) is 17.1. The number of nitrogens with one attached hydrogen (secondary N) is 2. The number of nitrogens with two attached hydrogens (primary N) is 1. The summed E-state index contributed by atoms with van der Waals surface area (Å²) in [5, 5.41) is 15.1. The second kappa shape index (κ2) is 8.77. The summed E-state index contributed by atoms with van der Waals surface area (Å²) in [6, 6.07) is 11.3. The number of nitrogens with zero attached hydrogens (tertiary/aromatic N) is 1. The number of phenols is 1. The molecule has 1 saturated heterocycles. The normalized spacial score (nSPS) is 17.1. The molecule has 8 heteroatoms. The number of amides is 3. The van der Waals surface area contributed by atoms with Crippen LogP contribution in [0, 0.1) is 0 Å². The zero-order valence-corrected chi connectivity index (χ0v) is 17.1. The van der Waals surface area contributed by atoms with Crippen LogP contribution in [0.3, 0.4) is 0 Å². The summed E-state index contributed by atoms with van der Waals surface area (Å²) < 4.78 is 0. The van der Waals surface area contributed by atoms with Gasteiger partial charge in [0.2, 0.25) is 11.8 Å². The summed E-state index contributed by atoms with van der Waals surface area (Å²) in [6.07, 6.45) is 2.07. The minimum absolute atomic E-state index is 0.0206. The van der Waals surface area contributed by atoms with Gasteiger partial charge in [-0.15, -0.1) is 0 Å². The van der Waals surface area contributed by atoms with Crippen LogP contribution in [-0.4, -0.2) is 52.9 Å². The van der Waals surface area contributed by atoms with E-state index in [1.165, 1.54) is 0 Å². The van der Waals surface area contributed by atoms with Gasteiger partial charge in [-0.3, -0.25) is 14.4 Å². The van der Waals surface area contributed by atoms with Gasteiger partial charge in [0.25, 0.3) is 5.91 Å². The van der Waals surface area contributed by atoms with Crippen LogP contribution < -0.4 is 16.4 Å². The SMILES string of the molecule is N[C@@H](Cc1ccc(O)cc1)C(=O)N1CCC(NC(=O)c2ccc3c(c2)NC(=O)C3)CC1. The number of benzene rings is 2. The topological polar surface area (TPSA) is 125 Å². The van der Waals surface area contributed by atoms with Crippen molar-refractivity contribution in [1.29, 1.82) is 0 Å². The lowest BCUT2D eigenvalue weighted by molar-refractivity contribution is -0.133. The third-order valence-electron chi connectivity index (χ3n) is 5.85. The number of piperidine rings is 1. The molecule has 2 aromatic carbocycles. The van der Waals surface area contributed by atoms with Crippen molar-refractivity contribution in [2.24, 2.45) is 5.73 Å². The number of rotatable bonds is 5. The number of hydrogen-bond acceptors (Lipinski definition) is 5. The van der Waals surface area contributed by atoms with Crippen molar-refractivity contribution in [3.63, 3.8) is 0 Å². The number of hydrogen-bond donors (Lipinski definition) is 4. The molecular weight excluding hydrogens is 396 g/mol. The molecule has 2 aliphatic heterocycles. The Labute approximate surface area is 180 Å². The minimum atomic E-state index is -0.641. The number of phenolic OH excluding ortho intramolecular Hbond substituents is 1. The molecule has 2 aromatic rings. The Kier molecular flexibility index (Phi) is 5.90. The van der Waals surface area contributed by atoms with Crippen molar-refractivity contribution in [1.82, 2.24) is 10.2 Å². The first-order chi connectivity index (χ1) is 14.9. The largest absolute Gasteiger partial charge is 0.508 e. The van der Waals surface area contributed by atoms with Crippen molar-refractivity contribution in [2.75, 3.05) is 18.4 Å². The van der Waals surface area contributed by atoms with Crippen molar-refractivity contribution in [2.45, 2.75) is 37.8 Å². The molecule has 0 spiro atoms. The molecule has 0 radical (unpaired) electrons. The summed E-state index contributed by atoms with van der Waals surface area (Å²) in [4.78, 5) is 38.5. The Morgan fingerprint density at radius 2 is 1.87 bits per heavy atom. The van der Waals surface area contributed by atoms with E-state index in [0.29, 0.717) is 50.0 Å². The van der Waals surface area contributed by atoms with E-state index in [-0.39, 0.29) is 29.5 Å². The highest BCUT2D eigenvalue weighted by atomic mass is 16.3. The summed E-state index contributed by atoms with van der Waals surface area (Å²) in [5.41, 5.74) is 9.11. The van der Waals surface area contributed by atoms with Gasteiger partial charge < -0.3 is 26.4 Å². The van der Waals surface area contributed by atoms with Gasteiger partial charge in [0.1, 0.15) is 5.75 Å². The molecule has 1 fully saturated rings. The van der Waals surface area contributed by atoms with E-state index in [4.69, 9.17) is 5.73 Å². The van der Waals surface area contributed by atoms with E-state index < -0.39 is 6.04 Å². The van der Waals surface area contributed by atoms with Crippen LogP contribution in [0.25, 0.3) is 0 Å². The average Bonchev–Trinajstić information content (AvgIpc) is 3.14. The van der Waals surface area contributed by atoms with Crippen LogP contribution in [-0.2, 0) is 22.4 Å². The van der Waals surface area contributed by atoms with Crippen LogP contribution in [0.1, 0.15) is 34.3 Å². The van der Waals surface area contributed by atoms with Gasteiger partial charge in [0, 0.05) is 30.4 Å². The summed E-state index contributed by atoms with van der Waals surface area (Å²) in [7, 11) is 0. The molecule has 3 amide bonds. The standard InChI is InChI=1S/C23H26N4O4/c24-19(11-14-1-5-18(28)6-2-14)23(31)27-9-7-17(8-10-27)25-22(30)16-4-3-15-13-21(29)26-20(15)12-16/h1-6,12,17,19,28H,7-11,13,24H2,(H,25,30)(H,26,29)/t19-/m0/s1. The fourth-order valence-electron chi connectivity index (χ4n) is 4.08. The molecule has 8 nitrogen and oxygen atoms in total. The smallest absolute Gasteiger partial charge is 0.251 e. The summed E-state index contributed by atoms with van der Waals surface area (Å²) >= 11 is 0. The fourth-order valence-corrected chi connectivity index (χ4v) is 4.08. The third-order valence-corrected chi connectivity index (χ3v) is 5.85. The van der Waals surface area contributed by atoms with E-state index in [1.807, 2.05) is 0 Å². The number of fused-ring (bicyclic) bond motifs is 1. The molecule has 0 bridgehead atoms. The molecule has 4 rings (SSSR count). The monoisotopic (exact) mass is 422 g/mol. The zero-order chi connectivity index (χ0) is 22.0. The van der Waals surface area contributed by atoms with Gasteiger partial charge >= 0.3 is 0 Å². The number of carbonyl (C=O) groups is 3. The second-order valence-electron chi connectivity index (χ2n) is 8.15. The Bertz CT molecular complexity index is 997. The maximum Gasteiger partial charge on any atom is 0.251 e. The van der Waals surface area contributed by atoms with E-state index in [2.05, 4.69) is 10.6 Å². The molecule has 162 valence electrons. The van der Waals surface area contributed by atoms with Gasteiger partial charge in [-0.25, -0.2) is 0 Å². The summed E-state index contributed by atoms with van der Waals surface area (Å²) in [6.45, 7) is 1.07. The fraction of sp³-hybridized carbons (Fsp3) is 0.348. The second-order valence-corrected chi connectivity index (χ2v) is 8.15. The maximum absolute atomic E-state index is 12.7. The number of aromatic hydroxyl groups is 1. The van der Waals surface area contributed by atoms with Gasteiger partial charge in [-0.05, 0) is 54.7 Å². The molecule has 1 atom stereocenters. The minimum Gasteiger partial charge on any atom is -0.508 e. The Morgan fingerprint density at radius 3 is 2.58 bits per heavy atom. The van der Waals surface area contributed by atoms with Crippen molar-refractivity contribution in [3.8, 4) is 5.75 Å². The highest BCUT2D eigenvalue weighted by Crippen LogP contribution is 2.24. The molecule has 2 heterocycles. The lowest BCUT2D eigenvalue weighted by atomic mass is 10.0. The quantitative estimate of drug-likeness (QED) is 0.576. The lowest BCUT2D eigenvalue weighted by Gasteiger charge is -2.34. The van der Waals surface area contributed by atoms with E-state index >= 15 is 0 Å². The average molecular weight is 422 g/mol. The maximum atomic E-state index is 12.7. The molecule has 31 heavy (non-hydrogen) atoms. The lowest BCUT2D eigenvalue weighted by Crippen LogP contribution is -2.51. The van der Waals surface area contributed by atoms with Gasteiger partial charge in [0.05, 0.1) is 12.5 Å². The molecule has 0 saturated carbocycles. The van der Waals surface area contributed by atoms with E-state index in [0.717, 1.165) is 11.1 Å². The highest BCUT2D eigenvalue weighted by molar-refractivity contribution is 6.02. The van der Waals surface area contributed by atoms with Crippen LogP contribution in [0.15, 0.2) is 42.5 Å². The molecular formula is C23H26N4O4. The number of likely N-dealkylation sites (tertiary alicyclic amines) is 1. The van der Waals surface area contributed by atoms with Gasteiger partial charge in [0.15, 0.2) is 0 Å². The van der Waals surface area contributed by atoms with Crippen molar-refractivity contribution >= 4 is 23.4 Å². The Hall–Kier alpha value is -3.39. The third kappa shape index (κ3) is 4.86. The van der Waals surface area contributed by atoms with Crippen LogP contribution in [0.2, 0.25) is 0 Å². The van der Waals surface area contributed by atoms with Crippen molar-refractivity contribution < 1.29 is 19.5 Å². The van der Waals surface area contributed by atoms with Crippen LogP contribution >= 0.6 is 0 Å². The van der Waals surface area contributed by atoms with Crippen LogP contribution in [0.4, 0.5) is 5.69 Å². The molecule has 0 unspecified atom stereocenters. The first-order valence-corrected chi connectivity index (χ1v) is 10.4. The van der Waals surface area contributed by atoms with E-state index in [9.17, 15) is 19.5 Å². The molecule has 0 aromatic heterocycles. The predicted molar refractivity (Wildman–Crippen MR) is 116 cm³/mol. The molecule has 0 aliphatic carbocycles.